The van der Waals surface area contributed by atoms with Crippen LogP contribution in [0.25, 0.3) is 10.9 Å². The van der Waals surface area contributed by atoms with E-state index in [0.29, 0.717) is 0 Å². The standard InChI is InChI=1S/C20H26ClN3/c1-15(23-10-2-3-11-23)16-8-12-24(13-9-16)20-7-4-17-14-18(21)5-6-19(17)22-20/h4-7,14-16H,2-3,8-13H2,1H3. The smallest absolute Gasteiger partial charge is 0.129 e. The van der Waals surface area contributed by atoms with Crippen molar-refractivity contribution in [2.24, 2.45) is 5.92 Å². The summed E-state index contributed by atoms with van der Waals surface area (Å²) in [6, 6.07) is 10.9. The van der Waals surface area contributed by atoms with E-state index in [1.807, 2.05) is 18.2 Å². The Labute approximate surface area is 149 Å². The first kappa shape index (κ1) is 16.2. The fraction of sp³-hybridized carbons (Fsp3) is 0.550. The van der Waals surface area contributed by atoms with E-state index in [4.69, 9.17) is 16.6 Å². The van der Waals surface area contributed by atoms with Crippen LogP contribution in [0.4, 0.5) is 5.82 Å². The number of pyridine rings is 1. The first-order valence-corrected chi connectivity index (χ1v) is 9.64. The molecule has 2 saturated heterocycles. The van der Waals surface area contributed by atoms with Crippen LogP contribution in [0.15, 0.2) is 30.3 Å². The lowest BCUT2D eigenvalue weighted by molar-refractivity contribution is 0.167. The van der Waals surface area contributed by atoms with Gasteiger partial charge in [-0.15, -0.1) is 0 Å². The van der Waals surface area contributed by atoms with Gasteiger partial charge < -0.3 is 9.80 Å². The lowest BCUT2D eigenvalue weighted by Crippen LogP contribution is -2.43. The molecule has 128 valence electrons. The number of benzene rings is 1. The summed E-state index contributed by atoms with van der Waals surface area (Å²) in [7, 11) is 0. The molecule has 0 bridgehead atoms. The predicted molar refractivity (Wildman–Crippen MR) is 102 cm³/mol. The Morgan fingerprint density at radius 1 is 1.04 bits per heavy atom. The summed E-state index contributed by atoms with van der Waals surface area (Å²) < 4.78 is 0. The molecule has 0 saturated carbocycles. The van der Waals surface area contributed by atoms with Crippen LogP contribution in [-0.4, -0.2) is 42.1 Å². The molecule has 0 radical (unpaired) electrons. The summed E-state index contributed by atoms with van der Waals surface area (Å²) in [6.07, 6.45) is 5.32. The lowest BCUT2D eigenvalue weighted by atomic mass is 9.89. The number of rotatable bonds is 3. The highest BCUT2D eigenvalue weighted by Crippen LogP contribution is 2.29. The number of likely N-dealkylation sites (tertiary alicyclic amines) is 1. The number of hydrogen-bond donors (Lipinski definition) is 0. The molecule has 3 nitrogen and oxygen atoms in total. The van der Waals surface area contributed by atoms with E-state index in [1.165, 1.54) is 38.8 Å². The van der Waals surface area contributed by atoms with Crippen molar-refractivity contribution in [1.29, 1.82) is 0 Å². The summed E-state index contributed by atoms with van der Waals surface area (Å²) in [6.45, 7) is 7.28. The Bertz CT molecular complexity index is 703. The lowest BCUT2D eigenvalue weighted by Gasteiger charge is -2.38. The third-order valence-corrected chi connectivity index (χ3v) is 6.13. The maximum absolute atomic E-state index is 6.06. The zero-order valence-corrected chi connectivity index (χ0v) is 15.2. The summed E-state index contributed by atoms with van der Waals surface area (Å²) in [5.74, 6) is 1.94. The van der Waals surface area contributed by atoms with E-state index in [2.05, 4.69) is 28.9 Å². The van der Waals surface area contributed by atoms with Gasteiger partial charge in [0.05, 0.1) is 5.52 Å². The zero-order chi connectivity index (χ0) is 16.5. The molecule has 4 heteroatoms. The van der Waals surface area contributed by atoms with Crippen LogP contribution in [0.3, 0.4) is 0 Å². The second-order valence-corrected chi connectivity index (χ2v) is 7.75. The molecule has 0 N–H and O–H groups in total. The quantitative estimate of drug-likeness (QED) is 0.812. The number of aromatic nitrogens is 1. The van der Waals surface area contributed by atoms with Crippen LogP contribution < -0.4 is 4.90 Å². The van der Waals surface area contributed by atoms with Gasteiger partial charge >= 0.3 is 0 Å². The van der Waals surface area contributed by atoms with E-state index in [1.54, 1.807) is 0 Å². The molecular weight excluding hydrogens is 318 g/mol. The second-order valence-electron chi connectivity index (χ2n) is 7.31. The number of halogens is 1. The van der Waals surface area contributed by atoms with Gasteiger partial charge in [-0.1, -0.05) is 11.6 Å². The molecule has 2 aliphatic heterocycles. The summed E-state index contributed by atoms with van der Waals surface area (Å²) in [4.78, 5) is 9.98. The molecule has 1 aromatic heterocycles. The number of anilines is 1. The van der Waals surface area contributed by atoms with E-state index in [9.17, 15) is 0 Å². The molecule has 0 aliphatic carbocycles. The first-order chi connectivity index (χ1) is 11.7. The SMILES string of the molecule is CC(C1CCN(c2ccc3cc(Cl)ccc3n2)CC1)N1CCCC1. The van der Waals surface area contributed by atoms with Crippen molar-refractivity contribution >= 4 is 28.3 Å². The normalized spacial score (nSPS) is 21.5. The van der Waals surface area contributed by atoms with E-state index >= 15 is 0 Å². The molecule has 3 heterocycles. The van der Waals surface area contributed by atoms with Crippen LogP contribution in [0.2, 0.25) is 5.02 Å². The maximum Gasteiger partial charge on any atom is 0.129 e. The number of piperidine rings is 1. The third-order valence-electron chi connectivity index (χ3n) is 5.90. The van der Waals surface area contributed by atoms with Crippen LogP contribution in [0.5, 0.6) is 0 Å². The fourth-order valence-corrected chi connectivity index (χ4v) is 4.50. The van der Waals surface area contributed by atoms with Crippen LogP contribution in [-0.2, 0) is 0 Å². The predicted octanol–water partition coefficient (Wildman–Crippen LogP) is 4.59. The zero-order valence-electron chi connectivity index (χ0n) is 14.4. The maximum atomic E-state index is 6.06. The number of hydrogen-bond acceptors (Lipinski definition) is 3. The Kier molecular flexibility index (Phi) is 4.64. The van der Waals surface area contributed by atoms with E-state index in [0.717, 1.165) is 46.8 Å². The van der Waals surface area contributed by atoms with Crippen molar-refractivity contribution in [2.45, 2.75) is 38.6 Å². The van der Waals surface area contributed by atoms with Crippen molar-refractivity contribution in [3.63, 3.8) is 0 Å². The van der Waals surface area contributed by atoms with Gasteiger partial charge in [-0.3, -0.25) is 0 Å². The third kappa shape index (κ3) is 3.25. The minimum Gasteiger partial charge on any atom is -0.357 e. The van der Waals surface area contributed by atoms with Gasteiger partial charge in [-0.25, -0.2) is 4.98 Å². The topological polar surface area (TPSA) is 19.4 Å². The molecule has 24 heavy (non-hydrogen) atoms. The highest BCUT2D eigenvalue weighted by atomic mass is 35.5. The van der Waals surface area contributed by atoms with Crippen molar-refractivity contribution in [2.75, 3.05) is 31.1 Å². The van der Waals surface area contributed by atoms with Gasteiger partial charge in [-0.2, -0.15) is 0 Å². The summed E-state index contributed by atoms with van der Waals surface area (Å²) in [5.41, 5.74) is 1.03. The van der Waals surface area contributed by atoms with E-state index in [-0.39, 0.29) is 0 Å². The van der Waals surface area contributed by atoms with Gasteiger partial charge in [0.25, 0.3) is 0 Å². The molecular formula is C20H26ClN3. The highest BCUT2D eigenvalue weighted by molar-refractivity contribution is 6.31. The van der Waals surface area contributed by atoms with Crippen LogP contribution in [0.1, 0.15) is 32.6 Å². The Hall–Kier alpha value is -1.32. The molecule has 0 spiro atoms. The average molecular weight is 344 g/mol. The Morgan fingerprint density at radius 3 is 2.54 bits per heavy atom. The summed E-state index contributed by atoms with van der Waals surface area (Å²) in [5, 5.41) is 1.89. The molecule has 0 amide bonds. The number of fused-ring (bicyclic) bond motifs is 1. The first-order valence-electron chi connectivity index (χ1n) is 9.26. The van der Waals surface area contributed by atoms with Crippen LogP contribution in [0, 0.1) is 5.92 Å². The highest BCUT2D eigenvalue weighted by Gasteiger charge is 2.29. The second kappa shape index (κ2) is 6.89. The van der Waals surface area contributed by atoms with Crippen molar-refractivity contribution in [3.8, 4) is 0 Å². The molecule has 1 unspecified atom stereocenters. The Morgan fingerprint density at radius 2 is 1.79 bits per heavy atom. The number of nitrogens with zero attached hydrogens (tertiary/aromatic N) is 3. The van der Waals surface area contributed by atoms with Gasteiger partial charge in [0, 0.05) is 29.5 Å². The van der Waals surface area contributed by atoms with Gasteiger partial charge in [0.2, 0.25) is 0 Å². The molecule has 2 aromatic rings. The van der Waals surface area contributed by atoms with E-state index < -0.39 is 0 Å². The molecule has 1 atom stereocenters. The van der Waals surface area contributed by atoms with Gasteiger partial charge in [-0.05, 0) is 81.9 Å². The molecule has 2 fully saturated rings. The molecule has 2 aliphatic rings. The Balaban J connectivity index is 1.42. The van der Waals surface area contributed by atoms with Gasteiger partial charge in [0.1, 0.15) is 5.82 Å². The molecule has 4 rings (SSSR count). The van der Waals surface area contributed by atoms with Crippen molar-refractivity contribution in [3.05, 3.63) is 35.4 Å². The largest absolute Gasteiger partial charge is 0.357 e. The summed E-state index contributed by atoms with van der Waals surface area (Å²) >= 11 is 6.06. The minimum atomic E-state index is 0.737. The molecule has 1 aromatic carbocycles. The van der Waals surface area contributed by atoms with Crippen molar-refractivity contribution in [1.82, 2.24) is 9.88 Å². The fourth-order valence-electron chi connectivity index (χ4n) is 4.32. The van der Waals surface area contributed by atoms with Gasteiger partial charge in [0.15, 0.2) is 0 Å². The van der Waals surface area contributed by atoms with Crippen molar-refractivity contribution < 1.29 is 0 Å². The minimum absolute atomic E-state index is 0.737. The monoisotopic (exact) mass is 343 g/mol. The van der Waals surface area contributed by atoms with Crippen LogP contribution >= 0.6 is 11.6 Å². The average Bonchev–Trinajstić information content (AvgIpc) is 3.15.